The van der Waals surface area contributed by atoms with E-state index in [4.69, 9.17) is 34.8 Å². The van der Waals surface area contributed by atoms with Crippen molar-refractivity contribution in [2.45, 2.75) is 24.7 Å². The van der Waals surface area contributed by atoms with Gasteiger partial charge in [-0.25, -0.2) is 0 Å². The van der Waals surface area contributed by atoms with Crippen molar-refractivity contribution in [3.05, 3.63) is 0 Å². The van der Waals surface area contributed by atoms with Crippen LogP contribution >= 0.6 is 34.8 Å². The fourth-order valence-corrected chi connectivity index (χ4v) is 3.03. The lowest BCUT2D eigenvalue weighted by atomic mass is 10.5. The maximum Gasteiger partial charge on any atom is 0.416 e. The molecule has 0 rings (SSSR count). The van der Waals surface area contributed by atoms with Gasteiger partial charge >= 0.3 is 10.2 Å². The van der Waals surface area contributed by atoms with Gasteiger partial charge in [0.25, 0.3) is 0 Å². The van der Waals surface area contributed by atoms with Crippen LogP contribution in [-0.2, 0) is 14.9 Å². The van der Waals surface area contributed by atoms with Crippen molar-refractivity contribution in [3.8, 4) is 0 Å². The Morgan fingerprint density at radius 1 is 1.22 bits per heavy atom. The van der Waals surface area contributed by atoms with Crippen LogP contribution in [0.5, 0.6) is 0 Å². The van der Waals surface area contributed by atoms with E-state index in [1.54, 1.807) is 20.8 Å². The monoisotopic (exact) mass is 340 g/mol. The van der Waals surface area contributed by atoms with Crippen molar-refractivity contribution in [1.82, 2.24) is 0 Å². The van der Waals surface area contributed by atoms with E-state index in [2.05, 4.69) is 9.13 Å². The van der Waals surface area contributed by atoms with Gasteiger partial charge in [0.05, 0.1) is 19.6 Å². The van der Waals surface area contributed by atoms with E-state index in [0.717, 1.165) is 0 Å². The second-order valence-corrected chi connectivity index (χ2v) is 7.39. The van der Waals surface area contributed by atoms with E-state index in [0.29, 0.717) is 0 Å². The van der Waals surface area contributed by atoms with Crippen LogP contribution in [0.1, 0.15) is 20.8 Å². The lowest BCUT2D eigenvalue weighted by molar-refractivity contribution is -0.800. The summed E-state index contributed by atoms with van der Waals surface area (Å²) in [6.45, 7) is 5.83. The molecule has 0 aromatic heterocycles. The highest BCUT2D eigenvalue weighted by atomic mass is 35.6. The topological polar surface area (TPSA) is 78.8 Å². The number of halogens is 3. The zero-order valence-corrected chi connectivity index (χ0v) is 13.3. The van der Waals surface area contributed by atoms with Crippen molar-refractivity contribution < 1.29 is 22.1 Å². The number of hydrogen-bond donors (Lipinski definition) is 0. The molecule has 0 bridgehead atoms. The quantitative estimate of drug-likeness (QED) is 0.325. The summed E-state index contributed by atoms with van der Waals surface area (Å²) in [6.07, 6.45) is -1.45. The van der Waals surface area contributed by atoms with Gasteiger partial charge in [0.2, 0.25) is 3.98 Å². The van der Waals surface area contributed by atoms with Crippen LogP contribution in [0.2, 0.25) is 0 Å². The molecule has 0 aliphatic rings. The van der Waals surface area contributed by atoms with Crippen LogP contribution in [0, 0.1) is 0 Å². The van der Waals surface area contributed by atoms with Crippen LogP contribution in [0.15, 0.2) is 4.40 Å². The van der Waals surface area contributed by atoms with Gasteiger partial charge in [-0.05, 0) is 20.8 Å². The predicted octanol–water partition coefficient (Wildman–Crippen LogP) is 1.17. The van der Waals surface area contributed by atoms with Gasteiger partial charge in [-0.3, -0.25) is 0 Å². The number of hydrogen-bond acceptors (Lipinski definition) is 4. The summed E-state index contributed by atoms with van der Waals surface area (Å²) in [5.74, 6) is 0. The summed E-state index contributed by atoms with van der Waals surface area (Å²) in [5.41, 5.74) is 0. The standard InChI is InChI=1S/C8H15Cl3N2O4S/c1-4-13(5-2,6-3)18(15,16)12-7(14)17-8(9,10)11/h4-6H2,1-3H3. The van der Waals surface area contributed by atoms with Gasteiger partial charge in [-0.15, -0.1) is 8.42 Å². The molecule has 0 fully saturated rings. The Hall–Kier alpha value is 0.0500. The van der Waals surface area contributed by atoms with Crippen molar-refractivity contribution >= 4 is 51.1 Å². The Morgan fingerprint density at radius 3 is 1.89 bits per heavy atom. The predicted molar refractivity (Wildman–Crippen MR) is 69.6 cm³/mol. The van der Waals surface area contributed by atoms with Crippen LogP contribution < -0.4 is 5.11 Å². The third-order valence-corrected chi connectivity index (χ3v) is 4.98. The molecule has 0 aliphatic carbocycles. The van der Waals surface area contributed by atoms with E-state index in [-0.39, 0.29) is 23.5 Å². The zero-order chi connectivity index (χ0) is 14.6. The summed E-state index contributed by atoms with van der Waals surface area (Å²) in [5, 5.41) is 11.2. The molecule has 0 saturated carbocycles. The van der Waals surface area contributed by atoms with Crippen LogP contribution in [-0.4, -0.2) is 42.0 Å². The highest BCUT2D eigenvalue weighted by molar-refractivity contribution is 7.84. The molecule has 108 valence electrons. The molecule has 0 unspecified atom stereocenters. The molecular weight excluding hydrogens is 327 g/mol. The van der Waals surface area contributed by atoms with Crippen LogP contribution in [0.3, 0.4) is 0 Å². The second-order valence-electron chi connectivity index (χ2n) is 3.36. The van der Waals surface area contributed by atoms with Gasteiger partial charge < -0.3 is 9.84 Å². The van der Waals surface area contributed by atoms with Gasteiger partial charge in [0, 0.05) is 0 Å². The summed E-state index contributed by atoms with van der Waals surface area (Å²) in [6, 6.07) is 0. The summed E-state index contributed by atoms with van der Waals surface area (Å²) < 4.78 is 28.5. The highest BCUT2D eigenvalue weighted by Crippen LogP contribution is 2.27. The van der Waals surface area contributed by atoms with Crippen LogP contribution in [0.25, 0.3) is 0 Å². The molecule has 0 N–H and O–H groups in total. The van der Waals surface area contributed by atoms with E-state index < -0.39 is 20.3 Å². The molecule has 0 atom stereocenters. The molecule has 0 aromatic carbocycles. The maximum atomic E-state index is 12.0. The third-order valence-electron chi connectivity index (χ3n) is 2.61. The van der Waals surface area contributed by atoms with E-state index in [1.807, 2.05) is 0 Å². The van der Waals surface area contributed by atoms with E-state index in [1.165, 1.54) is 0 Å². The molecular formula is C8H15Cl3N2O4S. The summed E-state index contributed by atoms with van der Waals surface area (Å²) >= 11 is 15.6. The van der Waals surface area contributed by atoms with Gasteiger partial charge in [0.1, 0.15) is 0 Å². The molecule has 0 saturated heterocycles. The Morgan fingerprint density at radius 2 is 1.61 bits per heavy atom. The first-order valence-electron chi connectivity index (χ1n) is 5.17. The summed E-state index contributed by atoms with van der Waals surface area (Å²) in [7, 11) is -4.09. The van der Waals surface area contributed by atoms with Gasteiger partial charge in [-0.2, -0.15) is 3.89 Å². The molecule has 0 heterocycles. The number of nitrogens with zero attached hydrogens (tertiary/aromatic N) is 2. The maximum absolute atomic E-state index is 12.0. The fraction of sp³-hybridized carbons (Fsp3) is 0.875. The molecule has 6 nitrogen and oxygen atoms in total. The fourth-order valence-electron chi connectivity index (χ4n) is 1.46. The van der Waals surface area contributed by atoms with Gasteiger partial charge in [0.15, 0.2) is 6.08 Å². The van der Waals surface area contributed by atoms with E-state index >= 15 is 0 Å². The van der Waals surface area contributed by atoms with Crippen molar-refractivity contribution in [2.75, 3.05) is 19.6 Å². The first-order valence-corrected chi connectivity index (χ1v) is 7.70. The van der Waals surface area contributed by atoms with Crippen molar-refractivity contribution in [2.24, 2.45) is 4.40 Å². The minimum atomic E-state index is -4.09. The van der Waals surface area contributed by atoms with Gasteiger partial charge in [-0.1, -0.05) is 39.2 Å². The molecule has 0 amide bonds. The summed E-state index contributed by atoms with van der Waals surface area (Å²) in [4.78, 5) is 0. The lowest BCUT2D eigenvalue weighted by Gasteiger charge is -2.32. The zero-order valence-electron chi connectivity index (χ0n) is 10.2. The van der Waals surface area contributed by atoms with Crippen molar-refractivity contribution in [3.63, 3.8) is 0 Å². The molecule has 10 heteroatoms. The number of rotatable bonds is 5. The average Bonchev–Trinajstić information content (AvgIpc) is 2.16. The normalized spacial score (nSPS) is 14.7. The first kappa shape index (κ1) is 18.0. The first-order chi connectivity index (χ1) is 8.03. The number of alkyl halides is 3. The smallest absolute Gasteiger partial charge is 0.416 e. The largest absolute Gasteiger partial charge is 0.555 e. The molecule has 0 aliphatic heterocycles. The lowest BCUT2D eigenvalue weighted by Crippen LogP contribution is -2.52. The minimum absolute atomic E-state index is 0.264. The second kappa shape index (κ2) is 6.47. The molecule has 0 aromatic rings. The Bertz CT molecular complexity index is 393. The Balaban J connectivity index is 5.34. The SMILES string of the molecule is CC[N+](CC)(CC)S(=O)(=O)/N=C(\[O-])OC(Cl)(Cl)Cl. The number of quaternary nitrogens is 1. The van der Waals surface area contributed by atoms with E-state index in [9.17, 15) is 13.5 Å². The third kappa shape index (κ3) is 4.62. The molecule has 18 heavy (non-hydrogen) atoms. The molecule has 0 radical (unpaired) electrons. The Kier molecular flexibility index (Phi) is 6.49. The average molecular weight is 342 g/mol. The minimum Gasteiger partial charge on any atom is -0.555 e. The highest BCUT2D eigenvalue weighted by Gasteiger charge is 2.37. The van der Waals surface area contributed by atoms with Crippen LogP contribution in [0.4, 0.5) is 0 Å². The molecule has 0 spiro atoms. The number of ether oxygens (including phenoxy) is 1. The van der Waals surface area contributed by atoms with Crippen molar-refractivity contribution in [1.29, 1.82) is 0 Å². The Labute approximate surface area is 122 Å².